The fourth-order valence-corrected chi connectivity index (χ4v) is 33.6. The number of carbonyl (C=O) groups is 5. The van der Waals surface area contributed by atoms with Gasteiger partial charge in [-0.3, -0.25) is 24.0 Å². The zero-order valence-corrected chi connectivity index (χ0v) is 75.7. The number of hydrogen-bond acceptors (Lipinski definition) is 13. The van der Waals surface area contributed by atoms with E-state index in [2.05, 4.69) is 90.0 Å². The zero-order valence-electron chi connectivity index (χ0n) is 75.7. The Kier molecular flexibility index (Phi) is 29.4. The van der Waals surface area contributed by atoms with Crippen molar-refractivity contribution in [3.63, 3.8) is 0 Å². The minimum absolute atomic E-state index is 0.0243. The van der Waals surface area contributed by atoms with Crippen molar-refractivity contribution in [1.82, 2.24) is 0 Å². The molecular weight excluding hydrogens is 1430 g/mol. The van der Waals surface area contributed by atoms with Crippen LogP contribution in [0.25, 0.3) is 0 Å². The van der Waals surface area contributed by atoms with E-state index in [4.69, 9.17) is 37.9 Å². The summed E-state index contributed by atoms with van der Waals surface area (Å²) >= 11 is 0. The maximum atomic E-state index is 13.5. The molecule has 13 nitrogen and oxygen atoms in total. The van der Waals surface area contributed by atoms with Crippen LogP contribution in [0.4, 0.5) is 0 Å². The molecule has 1 heterocycles. The Hall–Kier alpha value is -2.77. The normalized spacial score (nSPS) is 43.3. The highest BCUT2D eigenvalue weighted by atomic mass is 16.7. The molecule has 16 aliphatic carbocycles. The third-order valence-electron chi connectivity index (χ3n) is 38.9. The van der Waals surface area contributed by atoms with E-state index in [9.17, 15) is 24.0 Å². The van der Waals surface area contributed by atoms with E-state index in [1.165, 1.54) is 161 Å². The lowest BCUT2D eigenvalue weighted by atomic mass is 9.65. The van der Waals surface area contributed by atoms with E-state index in [0.717, 1.165) is 223 Å². The SMILES string of the molecule is CCC1CC(CC)C2C3CC(C(C(=O)OC)C3C(=O)OC3(CC)CCCC3)C12.CCC1CC(CC)C2C3CC(C(COC)C3C(=O)OC3(CC)CCCC3)C12.CCC1CC(CC)C2C3CC(CC3C(C)C(=O)OC3(CC)CCCCC3)C12.CCC1CC(CC)C2C3CC(CC3C(CC(=O)OC3(CC)CCCC3)OC3CCCCO3)C12. The molecule has 0 aromatic carbocycles. The van der Waals surface area contributed by atoms with Crippen LogP contribution >= 0.6 is 0 Å². The predicted octanol–water partition coefficient (Wildman–Crippen LogP) is 24.0. The summed E-state index contributed by atoms with van der Waals surface area (Å²) in [6.45, 7) is 31.3. The second-order valence-electron chi connectivity index (χ2n) is 42.9. The Bertz CT molecular complexity index is 3170. The Morgan fingerprint density at radius 3 is 1.15 bits per heavy atom. The summed E-state index contributed by atoms with van der Waals surface area (Å²) in [4.78, 5) is 66.3. The predicted molar refractivity (Wildman–Crippen MR) is 454 cm³/mol. The molecule has 17 rings (SSSR count). The van der Waals surface area contributed by atoms with Gasteiger partial charge in [-0.1, -0.05) is 148 Å². The number of carbonyl (C=O) groups excluding carboxylic acids is 5. The molecule has 0 aromatic heterocycles. The lowest BCUT2D eigenvalue weighted by Gasteiger charge is -2.41. The van der Waals surface area contributed by atoms with Crippen LogP contribution in [0, 0.1) is 183 Å². The first-order valence-corrected chi connectivity index (χ1v) is 50.4. The van der Waals surface area contributed by atoms with Crippen LogP contribution in [0.5, 0.6) is 0 Å². The van der Waals surface area contributed by atoms with Crippen molar-refractivity contribution < 1.29 is 61.9 Å². The molecule has 16 saturated carbocycles. The first-order valence-electron chi connectivity index (χ1n) is 50.4. The van der Waals surface area contributed by atoms with Gasteiger partial charge in [-0.25, -0.2) is 0 Å². The molecule has 0 amide bonds. The van der Waals surface area contributed by atoms with E-state index in [-0.39, 0.29) is 88.3 Å². The summed E-state index contributed by atoms with van der Waals surface area (Å²) < 4.78 is 48.6. The molecule has 13 heteroatoms. The smallest absolute Gasteiger partial charge is 0.310 e. The average Bonchev–Trinajstić information content (AvgIpc) is 1.55. The minimum Gasteiger partial charge on any atom is -0.469 e. The highest BCUT2D eigenvalue weighted by molar-refractivity contribution is 5.84. The molecule has 1 saturated heterocycles. The van der Waals surface area contributed by atoms with Crippen LogP contribution < -0.4 is 0 Å². The van der Waals surface area contributed by atoms with Gasteiger partial charge in [0, 0.05) is 13.7 Å². The van der Waals surface area contributed by atoms with E-state index < -0.39 is 0 Å². The van der Waals surface area contributed by atoms with Crippen molar-refractivity contribution in [1.29, 1.82) is 0 Å². The quantitative estimate of drug-likeness (QED) is 0.0538. The summed E-state index contributed by atoms with van der Waals surface area (Å²) in [5.74, 6) is 19.4. The van der Waals surface area contributed by atoms with Crippen molar-refractivity contribution in [2.75, 3.05) is 27.4 Å². The third-order valence-corrected chi connectivity index (χ3v) is 38.9. The van der Waals surface area contributed by atoms with E-state index in [0.29, 0.717) is 71.5 Å². The van der Waals surface area contributed by atoms with Crippen LogP contribution in [0.1, 0.15) is 366 Å². The molecule has 0 spiro atoms. The van der Waals surface area contributed by atoms with Crippen molar-refractivity contribution in [2.24, 2.45) is 183 Å². The van der Waals surface area contributed by atoms with Crippen molar-refractivity contribution in [3.8, 4) is 0 Å². The molecule has 0 radical (unpaired) electrons. The van der Waals surface area contributed by atoms with Crippen LogP contribution in [-0.4, -0.2) is 92.1 Å². The van der Waals surface area contributed by atoms with E-state index in [1.807, 2.05) is 0 Å². The molecule has 17 aliphatic rings. The topological polar surface area (TPSA) is 159 Å². The minimum atomic E-state index is -0.288. The Morgan fingerprint density at radius 2 is 0.730 bits per heavy atom. The fourth-order valence-electron chi connectivity index (χ4n) is 33.6. The molecule has 654 valence electrons. The number of esters is 5. The number of hydrogen-bond donors (Lipinski definition) is 0. The van der Waals surface area contributed by atoms with Gasteiger partial charge in [0.05, 0.1) is 49.9 Å². The van der Waals surface area contributed by atoms with Crippen LogP contribution in [-0.2, 0) is 61.9 Å². The van der Waals surface area contributed by atoms with Gasteiger partial charge in [-0.05, 0) is 372 Å². The van der Waals surface area contributed by atoms with Crippen molar-refractivity contribution in [2.45, 2.75) is 401 Å². The summed E-state index contributed by atoms with van der Waals surface area (Å²) in [6, 6.07) is 0. The molecular formula is C102H168O13. The highest BCUT2D eigenvalue weighted by Gasteiger charge is 2.70. The first kappa shape index (κ1) is 88.5. The largest absolute Gasteiger partial charge is 0.469 e. The van der Waals surface area contributed by atoms with Gasteiger partial charge in [-0.2, -0.15) is 0 Å². The number of ether oxygens (including phenoxy) is 8. The average molecular weight is 1600 g/mol. The zero-order chi connectivity index (χ0) is 81.4. The van der Waals surface area contributed by atoms with Gasteiger partial charge in [0.2, 0.25) is 0 Å². The molecule has 0 aromatic rings. The summed E-state index contributed by atoms with van der Waals surface area (Å²) in [6.07, 6.45) is 49.8. The first-order chi connectivity index (χ1) is 55.7. The lowest BCUT2D eigenvalue weighted by molar-refractivity contribution is -0.210. The lowest BCUT2D eigenvalue weighted by Crippen LogP contribution is -2.46. The molecule has 17 fully saturated rings. The van der Waals surface area contributed by atoms with E-state index in [1.54, 1.807) is 7.11 Å². The molecule has 33 unspecified atom stereocenters. The number of rotatable bonds is 28. The highest BCUT2D eigenvalue weighted by Crippen LogP contribution is 2.72. The second-order valence-corrected chi connectivity index (χ2v) is 42.9. The monoisotopic (exact) mass is 1600 g/mol. The third kappa shape index (κ3) is 17.0. The standard InChI is InChI=1S/C29H48O4.C25H42O2.C24H38O4.C24H40O3/c1-4-19-15-20(5-2)28-23-17-21(27(19)28)16-22(23)24(32-26-11-7-10-14-31-26)18-25(30)33-29(6-3)12-8-9-13-29;1-5-17-13-18(6-2)23-21-15-19(22(17)23)14-20(21)16(4)24(26)27-25(7-3)11-9-8-10-12-25;1-5-14-12-15(6-2)19-17-13-16(18(14)19)20(22(25)27-4)21(17)23(26)28-24(7-3)10-8-9-11-24;1-5-15-12-16(6-2)21-18-13-17(20(15)21)19(14-26-4)22(18)23(25)27-24(7-3)10-8-9-11-24/h19-24,26-28H,4-18H2,1-3H3;16-23H,5-15H2,1-4H3;14-21H,5-13H2,1-4H3;15-22H,5-14H2,1-4H3. The van der Waals surface area contributed by atoms with Gasteiger partial charge in [-0.15, -0.1) is 0 Å². The maximum absolute atomic E-state index is 13.5. The summed E-state index contributed by atoms with van der Waals surface area (Å²) in [5.41, 5.74) is -0.807. The van der Waals surface area contributed by atoms with Crippen LogP contribution in [0.15, 0.2) is 0 Å². The van der Waals surface area contributed by atoms with E-state index >= 15 is 0 Å². The Labute approximate surface area is 699 Å². The number of methoxy groups -OCH3 is 2. The molecule has 115 heavy (non-hydrogen) atoms. The van der Waals surface area contributed by atoms with Gasteiger partial charge in [0.15, 0.2) is 6.29 Å². The molecule has 0 N–H and O–H groups in total. The van der Waals surface area contributed by atoms with Gasteiger partial charge in [0.25, 0.3) is 0 Å². The van der Waals surface area contributed by atoms with Gasteiger partial charge >= 0.3 is 29.8 Å². The Balaban J connectivity index is 0.000000127. The Morgan fingerprint density at radius 1 is 0.365 bits per heavy atom. The van der Waals surface area contributed by atoms with Crippen molar-refractivity contribution in [3.05, 3.63) is 0 Å². The van der Waals surface area contributed by atoms with Gasteiger partial charge in [0.1, 0.15) is 22.4 Å². The van der Waals surface area contributed by atoms with Crippen LogP contribution in [0.2, 0.25) is 0 Å². The maximum Gasteiger partial charge on any atom is 0.310 e. The second kappa shape index (κ2) is 38.1. The summed E-state index contributed by atoms with van der Waals surface area (Å²) in [5, 5.41) is 0. The van der Waals surface area contributed by atoms with Crippen molar-refractivity contribution >= 4 is 29.8 Å². The molecule has 8 bridgehead atoms. The fraction of sp³-hybridized carbons (Fsp3) is 0.951. The summed E-state index contributed by atoms with van der Waals surface area (Å²) in [7, 11) is 3.27. The molecule has 1 aliphatic heterocycles. The molecule has 33 atom stereocenters. The van der Waals surface area contributed by atoms with Gasteiger partial charge < -0.3 is 37.9 Å². The number of fused-ring (bicyclic) bond motifs is 20. The van der Waals surface area contributed by atoms with Crippen LogP contribution in [0.3, 0.4) is 0 Å².